The smallest absolute Gasteiger partial charge is 0.224 e. The number of carbonyl (C=O) groups is 2. The summed E-state index contributed by atoms with van der Waals surface area (Å²) in [4.78, 5) is 25.4. The second-order valence-corrected chi connectivity index (χ2v) is 4.63. The summed E-state index contributed by atoms with van der Waals surface area (Å²) in [7, 11) is 0. The van der Waals surface area contributed by atoms with E-state index in [1.165, 1.54) is 0 Å². The number of halogens is 1. The average Bonchev–Trinajstić information content (AvgIpc) is 2.48. The van der Waals surface area contributed by atoms with Gasteiger partial charge in [-0.15, -0.1) is 12.4 Å². The predicted molar refractivity (Wildman–Crippen MR) is 83.4 cm³/mol. The van der Waals surface area contributed by atoms with E-state index >= 15 is 0 Å². The van der Waals surface area contributed by atoms with Crippen LogP contribution in [0, 0.1) is 0 Å². The first-order chi connectivity index (χ1) is 9.66. The van der Waals surface area contributed by atoms with Crippen LogP contribution in [0.4, 0.5) is 11.4 Å². The first-order valence-corrected chi connectivity index (χ1v) is 6.66. The fraction of sp³-hybridized carbons (Fsp3) is 0.429. The van der Waals surface area contributed by atoms with Crippen LogP contribution in [0.1, 0.15) is 12.8 Å². The standard InChI is InChI=1S/C14H19N3O3.ClH/c15-11-3-1-2-4-12(11)16-13(18)5-6-14(19)17-7-9-20-10-8-17;/h1-4H,5-10,15H2,(H,16,18);1H. The molecule has 1 heterocycles. The normalized spacial score (nSPS) is 14.2. The van der Waals surface area contributed by atoms with Gasteiger partial charge in [-0.3, -0.25) is 9.59 Å². The number of para-hydroxylation sites is 2. The topological polar surface area (TPSA) is 84.7 Å². The van der Waals surface area contributed by atoms with E-state index in [0.29, 0.717) is 37.7 Å². The second kappa shape index (κ2) is 8.49. The molecule has 1 aliphatic heterocycles. The third-order valence-corrected chi connectivity index (χ3v) is 3.16. The summed E-state index contributed by atoms with van der Waals surface area (Å²) < 4.78 is 5.18. The van der Waals surface area contributed by atoms with Crippen molar-refractivity contribution in [2.24, 2.45) is 0 Å². The summed E-state index contributed by atoms with van der Waals surface area (Å²) in [6.45, 7) is 2.34. The third-order valence-electron chi connectivity index (χ3n) is 3.16. The van der Waals surface area contributed by atoms with E-state index < -0.39 is 0 Å². The number of ether oxygens (including phenoxy) is 1. The number of nitrogens with one attached hydrogen (secondary N) is 1. The largest absolute Gasteiger partial charge is 0.397 e. The lowest BCUT2D eigenvalue weighted by Crippen LogP contribution is -2.40. The molecule has 116 valence electrons. The van der Waals surface area contributed by atoms with Crippen molar-refractivity contribution in [3.8, 4) is 0 Å². The van der Waals surface area contributed by atoms with Gasteiger partial charge < -0.3 is 20.7 Å². The number of anilines is 2. The zero-order valence-corrected chi connectivity index (χ0v) is 12.5. The number of hydrogen-bond acceptors (Lipinski definition) is 4. The monoisotopic (exact) mass is 313 g/mol. The van der Waals surface area contributed by atoms with Crippen LogP contribution in [0.5, 0.6) is 0 Å². The van der Waals surface area contributed by atoms with Crippen molar-refractivity contribution in [3.63, 3.8) is 0 Å². The minimum Gasteiger partial charge on any atom is -0.397 e. The van der Waals surface area contributed by atoms with Gasteiger partial charge >= 0.3 is 0 Å². The van der Waals surface area contributed by atoms with E-state index in [0.717, 1.165) is 0 Å². The maximum absolute atomic E-state index is 11.9. The maximum atomic E-state index is 11.9. The molecule has 1 fully saturated rings. The molecule has 0 atom stereocenters. The van der Waals surface area contributed by atoms with Crippen LogP contribution in [0.3, 0.4) is 0 Å². The highest BCUT2D eigenvalue weighted by atomic mass is 35.5. The highest BCUT2D eigenvalue weighted by molar-refractivity contribution is 5.95. The molecule has 0 aliphatic carbocycles. The molecule has 3 N–H and O–H groups in total. The minimum absolute atomic E-state index is 0. The Bertz CT molecular complexity index is 490. The molecule has 21 heavy (non-hydrogen) atoms. The molecule has 1 saturated heterocycles. The molecule has 0 spiro atoms. The van der Waals surface area contributed by atoms with E-state index in [-0.39, 0.29) is 37.1 Å². The fourth-order valence-corrected chi connectivity index (χ4v) is 2.01. The van der Waals surface area contributed by atoms with Gasteiger partial charge in [-0.05, 0) is 12.1 Å². The van der Waals surface area contributed by atoms with Crippen molar-refractivity contribution in [1.82, 2.24) is 4.90 Å². The Morgan fingerprint density at radius 1 is 1.19 bits per heavy atom. The van der Waals surface area contributed by atoms with Crippen molar-refractivity contribution in [2.45, 2.75) is 12.8 Å². The SMILES string of the molecule is Cl.Nc1ccccc1NC(=O)CCC(=O)N1CCOCC1. The number of nitrogens with two attached hydrogens (primary N) is 1. The summed E-state index contributed by atoms with van der Waals surface area (Å²) >= 11 is 0. The summed E-state index contributed by atoms with van der Waals surface area (Å²) in [6, 6.07) is 7.04. The number of rotatable bonds is 4. The van der Waals surface area contributed by atoms with Gasteiger partial charge in [0.05, 0.1) is 24.6 Å². The maximum Gasteiger partial charge on any atom is 0.224 e. The molecule has 6 nitrogen and oxygen atoms in total. The molecule has 0 saturated carbocycles. The van der Waals surface area contributed by atoms with Gasteiger partial charge in [0, 0.05) is 25.9 Å². The Morgan fingerprint density at radius 3 is 2.52 bits per heavy atom. The number of nitrogens with zero attached hydrogens (tertiary/aromatic N) is 1. The fourth-order valence-electron chi connectivity index (χ4n) is 2.01. The lowest BCUT2D eigenvalue weighted by Gasteiger charge is -2.26. The first kappa shape index (κ1) is 17.3. The van der Waals surface area contributed by atoms with Gasteiger partial charge in [0.1, 0.15) is 0 Å². The summed E-state index contributed by atoms with van der Waals surface area (Å²) in [5.41, 5.74) is 6.83. The molecule has 0 radical (unpaired) electrons. The first-order valence-electron chi connectivity index (χ1n) is 6.66. The summed E-state index contributed by atoms with van der Waals surface area (Å²) in [5.74, 6) is -0.214. The Balaban J connectivity index is 0.00000220. The molecule has 2 amide bonds. The molecule has 1 aromatic carbocycles. The van der Waals surface area contributed by atoms with Crippen molar-refractivity contribution >= 4 is 35.6 Å². The number of carbonyl (C=O) groups excluding carboxylic acids is 2. The quantitative estimate of drug-likeness (QED) is 0.820. The molecule has 2 rings (SSSR count). The molecule has 1 aliphatic rings. The van der Waals surface area contributed by atoms with E-state index in [2.05, 4.69) is 5.32 Å². The van der Waals surface area contributed by atoms with Crippen LogP contribution >= 0.6 is 12.4 Å². The molecular weight excluding hydrogens is 294 g/mol. The van der Waals surface area contributed by atoms with Crippen molar-refractivity contribution < 1.29 is 14.3 Å². The van der Waals surface area contributed by atoms with Crippen molar-refractivity contribution in [3.05, 3.63) is 24.3 Å². The van der Waals surface area contributed by atoms with Crippen LogP contribution in [0.25, 0.3) is 0 Å². The zero-order chi connectivity index (χ0) is 14.4. The Labute approximate surface area is 130 Å². The van der Waals surface area contributed by atoms with Crippen LogP contribution in [-0.2, 0) is 14.3 Å². The van der Waals surface area contributed by atoms with Crippen LogP contribution < -0.4 is 11.1 Å². The lowest BCUT2D eigenvalue weighted by atomic mass is 10.2. The molecule has 0 bridgehead atoms. The highest BCUT2D eigenvalue weighted by Gasteiger charge is 2.17. The highest BCUT2D eigenvalue weighted by Crippen LogP contribution is 2.17. The number of benzene rings is 1. The molecule has 0 unspecified atom stereocenters. The zero-order valence-electron chi connectivity index (χ0n) is 11.7. The second-order valence-electron chi connectivity index (χ2n) is 4.63. The summed E-state index contributed by atoms with van der Waals surface area (Å²) in [6.07, 6.45) is 0.364. The van der Waals surface area contributed by atoms with Crippen LogP contribution in [0.15, 0.2) is 24.3 Å². The van der Waals surface area contributed by atoms with E-state index in [9.17, 15) is 9.59 Å². The van der Waals surface area contributed by atoms with Gasteiger partial charge in [-0.2, -0.15) is 0 Å². The van der Waals surface area contributed by atoms with Gasteiger partial charge in [-0.25, -0.2) is 0 Å². The average molecular weight is 314 g/mol. The Morgan fingerprint density at radius 2 is 1.86 bits per heavy atom. The number of morpholine rings is 1. The van der Waals surface area contributed by atoms with Crippen LogP contribution in [0.2, 0.25) is 0 Å². The van der Waals surface area contributed by atoms with Crippen molar-refractivity contribution in [1.29, 1.82) is 0 Å². The minimum atomic E-state index is -0.204. The number of nitrogen functional groups attached to an aromatic ring is 1. The third kappa shape index (κ3) is 5.24. The molecule has 1 aromatic rings. The lowest BCUT2D eigenvalue weighted by molar-refractivity contribution is -0.136. The van der Waals surface area contributed by atoms with Gasteiger partial charge in [0.25, 0.3) is 0 Å². The molecule has 0 aromatic heterocycles. The van der Waals surface area contributed by atoms with Gasteiger partial charge in [-0.1, -0.05) is 12.1 Å². The van der Waals surface area contributed by atoms with Crippen LogP contribution in [-0.4, -0.2) is 43.0 Å². The number of hydrogen-bond donors (Lipinski definition) is 2. The van der Waals surface area contributed by atoms with E-state index in [4.69, 9.17) is 10.5 Å². The van der Waals surface area contributed by atoms with E-state index in [1.54, 1.807) is 29.2 Å². The van der Waals surface area contributed by atoms with E-state index in [1.807, 2.05) is 0 Å². The van der Waals surface area contributed by atoms with Gasteiger partial charge in [0.2, 0.25) is 11.8 Å². The Kier molecular flexibility index (Phi) is 6.98. The van der Waals surface area contributed by atoms with Gasteiger partial charge in [0.15, 0.2) is 0 Å². The summed E-state index contributed by atoms with van der Waals surface area (Å²) in [5, 5.41) is 2.71. The Hall–Kier alpha value is -1.79. The van der Waals surface area contributed by atoms with Crippen molar-refractivity contribution in [2.75, 3.05) is 37.4 Å². The number of amides is 2. The predicted octanol–water partition coefficient (Wildman–Crippen LogP) is 1.27. The molecule has 7 heteroatoms. The molecular formula is C14H20ClN3O3.